The van der Waals surface area contributed by atoms with Crippen molar-refractivity contribution in [3.63, 3.8) is 0 Å². The average Bonchev–Trinajstić information content (AvgIpc) is 2.95. The number of carbonyl (C=O) groups excluding carboxylic acids is 1. The van der Waals surface area contributed by atoms with Crippen molar-refractivity contribution in [2.45, 2.75) is 32.7 Å². The Labute approximate surface area is 227 Å². The van der Waals surface area contributed by atoms with Crippen molar-refractivity contribution in [3.05, 3.63) is 54.2 Å². The highest BCUT2D eigenvalue weighted by molar-refractivity contribution is 5.79. The predicted octanol–water partition coefficient (Wildman–Crippen LogP) is 4.47. The molecule has 4 rings (SSSR count). The van der Waals surface area contributed by atoms with Crippen molar-refractivity contribution in [1.29, 1.82) is 0 Å². The molecule has 1 fully saturated rings. The number of ether oxygens (including phenoxy) is 4. The fraction of sp³-hybridized carbons (Fsp3) is 0.393. The molecule has 1 aromatic heterocycles. The normalized spacial score (nSPS) is 15.7. The van der Waals surface area contributed by atoms with Gasteiger partial charge in [-0.05, 0) is 36.6 Å². The molecule has 0 saturated carbocycles. The van der Waals surface area contributed by atoms with Crippen molar-refractivity contribution in [3.8, 4) is 23.0 Å². The minimum absolute atomic E-state index is 0.0327. The number of methoxy groups -OCH3 is 3. The lowest BCUT2D eigenvalue weighted by molar-refractivity contribution is -0.125. The van der Waals surface area contributed by atoms with E-state index in [-0.39, 0.29) is 11.8 Å². The highest BCUT2D eigenvalue weighted by Gasteiger charge is 2.27. The van der Waals surface area contributed by atoms with E-state index < -0.39 is 6.36 Å². The van der Waals surface area contributed by atoms with Gasteiger partial charge in [0.1, 0.15) is 11.6 Å². The van der Waals surface area contributed by atoms with Gasteiger partial charge in [0.2, 0.25) is 24.0 Å². The molecular formula is C28H34FN5O5. The number of piperidine rings is 1. The Hall–Kier alpha value is -4.28. The summed E-state index contributed by atoms with van der Waals surface area (Å²) in [5, 5.41) is 6.20. The Morgan fingerprint density at radius 3 is 2.59 bits per heavy atom. The van der Waals surface area contributed by atoms with Crippen LogP contribution in [0.4, 0.5) is 21.8 Å². The maximum atomic E-state index is 13.2. The number of hydrogen-bond donors (Lipinski definition) is 2. The maximum Gasteiger partial charge on any atom is 0.235 e. The van der Waals surface area contributed by atoms with E-state index in [1.165, 1.54) is 6.92 Å². The molecule has 0 spiro atoms. The van der Waals surface area contributed by atoms with E-state index in [1.807, 2.05) is 12.1 Å². The van der Waals surface area contributed by atoms with Crippen molar-refractivity contribution in [2.24, 2.45) is 5.92 Å². The molecule has 0 aliphatic carbocycles. The molecule has 11 heteroatoms. The molecule has 1 unspecified atom stereocenters. The van der Waals surface area contributed by atoms with Crippen LogP contribution in [0.25, 0.3) is 0 Å². The van der Waals surface area contributed by atoms with Crippen molar-refractivity contribution >= 4 is 23.4 Å². The minimum atomic E-state index is -1.40. The van der Waals surface area contributed by atoms with Crippen LogP contribution in [0.2, 0.25) is 0 Å². The Morgan fingerprint density at radius 1 is 1.13 bits per heavy atom. The van der Waals surface area contributed by atoms with Crippen molar-refractivity contribution in [2.75, 3.05) is 44.6 Å². The SMILES string of the molecule is COc1cc(Nc2nccc(N3CCC[C@H](C(=O)NCc4cccc(OC(C)F)c4)C3)n2)cc(OC)c1OC. The molecule has 2 N–H and O–H groups in total. The number of anilines is 3. The van der Waals surface area contributed by atoms with Crippen LogP contribution < -0.4 is 34.5 Å². The number of halogens is 1. The first-order valence-corrected chi connectivity index (χ1v) is 12.7. The van der Waals surface area contributed by atoms with E-state index in [9.17, 15) is 9.18 Å². The van der Waals surface area contributed by atoms with E-state index in [1.54, 1.807) is 57.9 Å². The number of carbonyl (C=O) groups is 1. The van der Waals surface area contributed by atoms with Gasteiger partial charge in [-0.15, -0.1) is 0 Å². The summed E-state index contributed by atoms with van der Waals surface area (Å²) in [5.41, 5.74) is 1.51. The van der Waals surface area contributed by atoms with Gasteiger partial charge < -0.3 is 34.5 Å². The number of aromatic nitrogens is 2. The summed E-state index contributed by atoms with van der Waals surface area (Å²) in [6.07, 6.45) is 1.92. The molecule has 1 amide bonds. The third-order valence-electron chi connectivity index (χ3n) is 6.34. The quantitative estimate of drug-likeness (QED) is 0.365. The summed E-state index contributed by atoms with van der Waals surface area (Å²) < 4.78 is 34.5. The fourth-order valence-electron chi connectivity index (χ4n) is 4.52. The number of hydrogen-bond acceptors (Lipinski definition) is 9. The Bertz CT molecular complexity index is 1250. The number of alkyl halides is 1. The second-order valence-electron chi connectivity index (χ2n) is 9.09. The van der Waals surface area contributed by atoms with Gasteiger partial charge >= 0.3 is 0 Å². The molecule has 39 heavy (non-hydrogen) atoms. The average molecular weight is 540 g/mol. The van der Waals surface area contributed by atoms with Crippen LogP contribution in [0.5, 0.6) is 23.0 Å². The maximum absolute atomic E-state index is 13.2. The zero-order valence-corrected chi connectivity index (χ0v) is 22.6. The summed E-state index contributed by atoms with van der Waals surface area (Å²) in [4.78, 5) is 24.1. The smallest absolute Gasteiger partial charge is 0.235 e. The van der Waals surface area contributed by atoms with Crippen LogP contribution in [0, 0.1) is 5.92 Å². The van der Waals surface area contributed by atoms with E-state index in [0.717, 1.165) is 30.8 Å². The van der Waals surface area contributed by atoms with Gasteiger partial charge in [0.15, 0.2) is 11.5 Å². The molecular weight excluding hydrogens is 505 g/mol. The lowest BCUT2D eigenvalue weighted by atomic mass is 9.97. The molecule has 0 bridgehead atoms. The highest BCUT2D eigenvalue weighted by atomic mass is 19.1. The molecule has 0 radical (unpaired) electrons. The van der Waals surface area contributed by atoms with Gasteiger partial charge in [0, 0.05) is 50.6 Å². The second-order valence-corrected chi connectivity index (χ2v) is 9.09. The van der Waals surface area contributed by atoms with Crippen LogP contribution in [-0.4, -0.2) is 56.7 Å². The molecule has 1 aliphatic heterocycles. The van der Waals surface area contributed by atoms with Gasteiger partial charge in [-0.25, -0.2) is 9.37 Å². The van der Waals surface area contributed by atoms with Crippen LogP contribution in [0.3, 0.4) is 0 Å². The molecule has 1 saturated heterocycles. The largest absolute Gasteiger partial charge is 0.493 e. The Balaban J connectivity index is 1.40. The standard InChI is InChI=1S/C28H34FN5O5/c1-18(29)39-22-9-5-7-19(13-22)16-31-27(35)20-8-6-12-34(17-20)25-10-11-30-28(33-25)32-21-14-23(36-2)26(38-4)24(15-21)37-3/h5,7,9-11,13-15,18,20H,6,8,12,16-17H2,1-4H3,(H,31,35)(H,30,32,33)/t18?,20-/m0/s1. The zero-order chi connectivity index (χ0) is 27.8. The van der Waals surface area contributed by atoms with Crippen LogP contribution in [0.1, 0.15) is 25.3 Å². The first kappa shape index (κ1) is 27.7. The lowest BCUT2D eigenvalue weighted by Gasteiger charge is -2.33. The summed E-state index contributed by atoms with van der Waals surface area (Å²) in [7, 11) is 4.66. The molecule has 10 nitrogen and oxygen atoms in total. The van der Waals surface area contributed by atoms with E-state index >= 15 is 0 Å². The number of amides is 1. The Kier molecular flexibility index (Phi) is 9.24. The van der Waals surface area contributed by atoms with Gasteiger partial charge in [0.05, 0.1) is 27.2 Å². The monoisotopic (exact) mass is 539 g/mol. The third-order valence-corrected chi connectivity index (χ3v) is 6.34. The van der Waals surface area contributed by atoms with E-state index in [4.69, 9.17) is 18.9 Å². The number of rotatable bonds is 11. The van der Waals surface area contributed by atoms with Gasteiger partial charge in [-0.1, -0.05) is 12.1 Å². The topological polar surface area (TPSA) is 107 Å². The van der Waals surface area contributed by atoms with Crippen LogP contribution in [0.15, 0.2) is 48.7 Å². The first-order valence-electron chi connectivity index (χ1n) is 12.7. The molecule has 1 aliphatic rings. The first-order chi connectivity index (χ1) is 18.9. The minimum Gasteiger partial charge on any atom is -0.493 e. The molecule has 3 aromatic rings. The lowest BCUT2D eigenvalue weighted by Crippen LogP contribution is -2.43. The third kappa shape index (κ3) is 7.18. The van der Waals surface area contributed by atoms with Crippen LogP contribution in [-0.2, 0) is 11.3 Å². The van der Waals surface area contributed by atoms with Gasteiger partial charge in [0.25, 0.3) is 0 Å². The van der Waals surface area contributed by atoms with Crippen LogP contribution >= 0.6 is 0 Å². The molecule has 2 aromatic carbocycles. The summed E-state index contributed by atoms with van der Waals surface area (Å²) in [6.45, 7) is 2.98. The van der Waals surface area contributed by atoms with Crippen molar-refractivity contribution in [1.82, 2.24) is 15.3 Å². The highest BCUT2D eigenvalue weighted by Crippen LogP contribution is 2.40. The molecule has 208 valence electrons. The van der Waals surface area contributed by atoms with E-state index in [0.29, 0.717) is 47.7 Å². The second kappa shape index (κ2) is 13.0. The molecule has 2 heterocycles. The summed E-state index contributed by atoms with van der Waals surface area (Å²) in [6, 6.07) is 12.4. The predicted molar refractivity (Wildman–Crippen MR) is 146 cm³/mol. The zero-order valence-electron chi connectivity index (χ0n) is 22.6. The molecule has 2 atom stereocenters. The van der Waals surface area contributed by atoms with Gasteiger partial charge in [-0.2, -0.15) is 4.98 Å². The van der Waals surface area contributed by atoms with Crippen molar-refractivity contribution < 1.29 is 28.1 Å². The van der Waals surface area contributed by atoms with E-state index in [2.05, 4.69) is 25.5 Å². The number of nitrogens with zero attached hydrogens (tertiary/aromatic N) is 3. The summed E-state index contributed by atoms with van der Waals surface area (Å²) in [5.74, 6) is 2.85. The number of nitrogens with one attached hydrogen (secondary N) is 2. The number of benzene rings is 2. The fourth-order valence-corrected chi connectivity index (χ4v) is 4.52. The Morgan fingerprint density at radius 2 is 1.90 bits per heavy atom. The van der Waals surface area contributed by atoms with Gasteiger partial charge in [-0.3, -0.25) is 4.79 Å². The summed E-state index contributed by atoms with van der Waals surface area (Å²) >= 11 is 0.